The molecule has 4 aromatic rings. The van der Waals surface area contributed by atoms with E-state index in [1.165, 1.54) is 7.11 Å². The number of para-hydroxylation sites is 1. The number of pyridine rings is 2. The summed E-state index contributed by atoms with van der Waals surface area (Å²) in [4.78, 5) is 24.3. The predicted octanol–water partition coefficient (Wildman–Crippen LogP) is 5.28. The fourth-order valence-corrected chi connectivity index (χ4v) is 3.85. The molecule has 0 fully saturated rings. The molecule has 0 aliphatic rings. The molecule has 0 spiro atoms. The Balaban J connectivity index is 1.88. The van der Waals surface area contributed by atoms with E-state index >= 15 is 0 Å². The number of rotatable bonds is 6. The highest BCUT2D eigenvalue weighted by atomic mass is 16.5. The van der Waals surface area contributed by atoms with Gasteiger partial charge in [0.15, 0.2) is 0 Å². The van der Waals surface area contributed by atoms with Crippen molar-refractivity contribution >= 4 is 16.9 Å². The molecular weight excluding hydrogens is 386 g/mol. The molecule has 0 aliphatic heterocycles. The number of aromatic nitrogens is 2. The number of fused-ring (bicyclic) bond motifs is 1. The molecule has 0 N–H and O–H groups in total. The molecule has 0 aliphatic carbocycles. The first-order valence-electron chi connectivity index (χ1n) is 10.3. The maximum atomic E-state index is 13.0. The standard InChI is InChI=1S/C26H25N3O2/c1-18(20-12-9-15-27-16-20)29(2)17-23-25(26(30)31-3)24(19-10-5-4-6-11-19)21-13-7-8-14-22(21)28-23/h4-16,18H,17H2,1-3H3/t18-/m1/s1. The molecule has 5 heteroatoms. The van der Waals surface area contributed by atoms with Crippen LogP contribution in [0.3, 0.4) is 0 Å². The van der Waals surface area contributed by atoms with Crippen LogP contribution in [0.2, 0.25) is 0 Å². The van der Waals surface area contributed by atoms with Crippen molar-refractivity contribution in [2.75, 3.05) is 14.2 Å². The lowest BCUT2D eigenvalue weighted by Crippen LogP contribution is -2.24. The Morgan fingerprint density at radius 1 is 1.03 bits per heavy atom. The predicted molar refractivity (Wildman–Crippen MR) is 123 cm³/mol. The molecule has 0 bridgehead atoms. The van der Waals surface area contributed by atoms with Gasteiger partial charge in [0.25, 0.3) is 0 Å². The summed E-state index contributed by atoms with van der Waals surface area (Å²) in [5.41, 5.74) is 4.99. The summed E-state index contributed by atoms with van der Waals surface area (Å²) < 4.78 is 5.21. The van der Waals surface area contributed by atoms with Crippen LogP contribution in [0.4, 0.5) is 0 Å². The number of carbonyl (C=O) groups is 1. The second kappa shape index (κ2) is 9.06. The van der Waals surface area contributed by atoms with Crippen molar-refractivity contribution in [3.05, 3.63) is 95.9 Å². The third kappa shape index (κ3) is 4.18. The highest BCUT2D eigenvalue weighted by molar-refractivity contribution is 6.07. The van der Waals surface area contributed by atoms with Gasteiger partial charge in [-0.25, -0.2) is 4.79 Å². The second-order valence-corrected chi connectivity index (χ2v) is 7.56. The minimum absolute atomic E-state index is 0.104. The van der Waals surface area contributed by atoms with Gasteiger partial charge in [-0.2, -0.15) is 0 Å². The van der Waals surface area contributed by atoms with Gasteiger partial charge in [-0.15, -0.1) is 0 Å². The summed E-state index contributed by atoms with van der Waals surface area (Å²) in [5, 5.41) is 0.931. The number of hydrogen-bond donors (Lipinski definition) is 0. The molecule has 0 amide bonds. The molecular formula is C26H25N3O2. The highest BCUT2D eigenvalue weighted by Gasteiger charge is 2.24. The van der Waals surface area contributed by atoms with Crippen molar-refractivity contribution in [1.29, 1.82) is 0 Å². The molecule has 4 rings (SSSR count). The normalized spacial score (nSPS) is 12.1. The van der Waals surface area contributed by atoms with Gasteiger partial charge in [-0.1, -0.05) is 54.6 Å². The minimum atomic E-state index is -0.380. The first-order valence-corrected chi connectivity index (χ1v) is 10.3. The van der Waals surface area contributed by atoms with Crippen LogP contribution in [-0.2, 0) is 11.3 Å². The molecule has 0 radical (unpaired) electrons. The lowest BCUT2D eigenvalue weighted by molar-refractivity contribution is 0.0598. The van der Waals surface area contributed by atoms with Crippen LogP contribution in [0.25, 0.3) is 22.0 Å². The maximum Gasteiger partial charge on any atom is 0.340 e. The third-order valence-corrected chi connectivity index (χ3v) is 5.65. The Labute approximate surface area is 182 Å². The monoisotopic (exact) mass is 411 g/mol. The summed E-state index contributed by atoms with van der Waals surface area (Å²) in [6, 6.07) is 22.0. The molecule has 2 heterocycles. The lowest BCUT2D eigenvalue weighted by Gasteiger charge is -2.26. The number of ether oxygens (including phenoxy) is 1. The SMILES string of the molecule is COC(=O)c1c(CN(C)[C@H](C)c2cccnc2)nc2ccccc2c1-c1ccccc1. The van der Waals surface area contributed by atoms with E-state index in [1.807, 2.05) is 73.9 Å². The minimum Gasteiger partial charge on any atom is -0.465 e. The van der Waals surface area contributed by atoms with E-state index in [2.05, 4.69) is 22.9 Å². The van der Waals surface area contributed by atoms with E-state index in [9.17, 15) is 4.79 Å². The van der Waals surface area contributed by atoms with Gasteiger partial charge in [0, 0.05) is 35.9 Å². The van der Waals surface area contributed by atoms with E-state index in [1.54, 1.807) is 6.20 Å². The lowest BCUT2D eigenvalue weighted by atomic mass is 9.93. The zero-order chi connectivity index (χ0) is 21.8. The molecule has 156 valence electrons. The van der Waals surface area contributed by atoms with Crippen molar-refractivity contribution in [2.24, 2.45) is 0 Å². The molecule has 5 nitrogen and oxygen atoms in total. The average Bonchev–Trinajstić information content (AvgIpc) is 2.83. The fraction of sp³-hybridized carbons (Fsp3) is 0.192. The van der Waals surface area contributed by atoms with E-state index < -0.39 is 0 Å². The maximum absolute atomic E-state index is 13.0. The topological polar surface area (TPSA) is 55.3 Å². The van der Waals surface area contributed by atoms with Crippen molar-refractivity contribution < 1.29 is 9.53 Å². The van der Waals surface area contributed by atoms with E-state index in [4.69, 9.17) is 9.72 Å². The summed E-state index contributed by atoms with van der Waals surface area (Å²) in [6.07, 6.45) is 3.63. The summed E-state index contributed by atoms with van der Waals surface area (Å²) in [6.45, 7) is 2.61. The highest BCUT2D eigenvalue weighted by Crippen LogP contribution is 2.34. The number of methoxy groups -OCH3 is 1. The fourth-order valence-electron chi connectivity index (χ4n) is 3.85. The Kier molecular flexibility index (Phi) is 6.05. The van der Waals surface area contributed by atoms with Crippen molar-refractivity contribution in [3.63, 3.8) is 0 Å². The van der Waals surface area contributed by atoms with Crippen molar-refractivity contribution in [2.45, 2.75) is 19.5 Å². The molecule has 0 unspecified atom stereocenters. The van der Waals surface area contributed by atoms with Gasteiger partial charge < -0.3 is 4.74 Å². The quantitative estimate of drug-likeness (QED) is 0.404. The molecule has 2 aromatic heterocycles. The van der Waals surface area contributed by atoms with Crippen molar-refractivity contribution in [1.82, 2.24) is 14.9 Å². The van der Waals surface area contributed by atoms with Crippen LogP contribution < -0.4 is 0 Å². The third-order valence-electron chi connectivity index (χ3n) is 5.65. The van der Waals surface area contributed by atoms with Gasteiger partial charge >= 0.3 is 5.97 Å². The van der Waals surface area contributed by atoms with Gasteiger partial charge in [0.1, 0.15) is 0 Å². The van der Waals surface area contributed by atoms with Crippen LogP contribution in [0.5, 0.6) is 0 Å². The zero-order valence-electron chi connectivity index (χ0n) is 17.9. The summed E-state index contributed by atoms with van der Waals surface area (Å²) in [7, 11) is 3.44. The van der Waals surface area contributed by atoms with Crippen LogP contribution in [-0.4, -0.2) is 35.0 Å². The number of carbonyl (C=O) groups excluding carboxylic acids is 1. The van der Waals surface area contributed by atoms with E-state index in [0.717, 1.165) is 27.6 Å². The largest absolute Gasteiger partial charge is 0.465 e. The smallest absolute Gasteiger partial charge is 0.340 e. The zero-order valence-corrected chi connectivity index (χ0v) is 17.9. The van der Waals surface area contributed by atoms with Crippen LogP contribution in [0, 0.1) is 0 Å². The Morgan fingerprint density at radius 3 is 2.48 bits per heavy atom. The second-order valence-electron chi connectivity index (χ2n) is 7.56. The molecule has 2 aromatic carbocycles. The Hall–Kier alpha value is -3.57. The molecule has 31 heavy (non-hydrogen) atoms. The van der Waals surface area contributed by atoms with Crippen LogP contribution in [0.1, 0.15) is 34.6 Å². The Bertz CT molecular complexity index is 1190. The molecule has 0 saturated carbocycles. The molecule has 1 atom stereocenters. The number of esters is 1. The van der Waals surface area contributed by atoms with Crippen LogP contribution >= 0.6 is 0 Å². The van der Waals surface area contributed by atoms with Gasteiger partial charge in [0.2, 0.25) is 0 Å². The summed E-state index contributed by atoms with van der Waals surface area (Å²) >= 11 is 0. The number of benzene rings is 2. The first-order chi connectivity index (χ1) is 15.1. The van der Waals surface area contributed by atoms with Gasteiger partial charge in [0.05, 0.1) is 23.9 Å². The Morgan fingerprint density at radius 2 is 1.77 bits per heavy atom. The van der Waals surface area contributed by atoms with Gasteiger partial charge in [-0.3, -0.25) is 14.9 Å². The van der Waals surface area contributed by atoms with Crippen LogP contribution in [0.15, 0.2) is 79.1 Å². The average molecular weight is 412 g/mol. The number of hydrogen-bond acceptors (Lipinski definition) is 5. The molecule has 0 saturated heterocycles. The first kappa shape index (κ1) is 20.7. The number of nitrogens with zero attached hydrogens (tertiary/aromatic N) is 3. The van der Waals surface area contributed by atoms with Gasteiger partial charge in [-0.05, 0) is 37.2 Å². The van der Waals surface area contributed by atoms with E-state index in [0.29, 0.717) is 17.8 Å². The van der Waals surface area contributed by atoms with E-state index in [-0.39, 0.29) is 12.0 Å². The summed E-state index contributed by atoms with van der Waals surface area (Å²) in [5.74, 6) is -0.380. The van der Waals surface area contributed by atoms with Crippen molar-refractivity contribution in [3.8, 4) is 11.1 Å².